The number of sulfonamides is 1. The maximum absolute atomic E-state index is 12.2. The molecule has 0 atom stereocenters. The van der Waals surface area contributed by atoms with Crippen LogP contribution in [0.3, 0.4) is 0 Å². The molecule has 0 aliphatic rings. The van der Waals surface area contributed by atoms with Gasteiger partial charge < -0.3 is 10.6 Å². The van der Waals surface area contributed by atoms with Crippen LogP contribution in [-0.2, 0) is 19.6 Å². The van der Waals surface area contributed by atoms with Crippen molar-refractivity contribution in [2.75, 3.05) is 36.2 Å². The Morgan fingerprint density at radius 2 is 1.46 bits per heavy atom. The Bertz CT molecular complexity index is 959. The summed E-state index contributed by atoms with van der Waals surface area (Å²) in [6, 6.07) is 13.5. The van der Waals surface area contributed by atoms with Crippen LogP contribution in [0.1, 0.15) is 5.56 Å². The van der Waals surface area contributed by atoms with E-state index in [1.807, 2.05) is 25.1 Å². The minimum atomic E-state index is -3.57. The van der Waals surface area contributed by atoms with Gasteiger partial charge in [0.15, 0.2) is 0 Å². The minimum Gasteiger partial charge on any atom is -0.325 e. The van der Waals surface area contributed by atoms with Crippen LogP contribution in [-0.4, -0.2) is 50.1 Å². The summed E-state index contributed by atoms with van der Waals surface area (Å²) in [5.74, 6) is -0.294. The summed E-state index contributed by atoms with van der Waals surface area (Å²) < 4.78 is 25.4. The fourth-order valence-electron chi connectivity index (χ4n) is 2.30. The fraction of sp³-hybridized carbons (Fsp3) is 0.263. The van der Waals surface area contributed by atoms with Gasteiger partial charge in [0.1, 0.15) is 0 Å². The molecule has 0 aliphatic heterocycles. The quantitative estimate of drug-likeness (QED) is 0.683. The van der Waals surface area contributed by atoms with Crippen LogP contribution in [0.25, 0.3) is 0 Å². The van der Waals surface area contributed by atoms with Crippen LogP contribution in [0.2, 0.25) is 0 Å². The fourth-order valence-corrected chi connectivity index (χ4v) is 3.86. The molecule has 28 heavy (non-hydrogen) atoms. The maximum Gasteiger partial charge on any atom is 0.242 e. The van der Waals surface area contributed by atoms with E-state index in [9.17, 15) is 18.0 Å². The van der Waals surface area contributed by atoms with E-state index in [0.717, 1.165) is 9.87 Å². The van der Waals surface area contributed by atoms with E-state index in [0.29, 0.717) is 11.4 Å². The number of thioether (sulfide) groups is 1. The van der Waals surface area contributed by atoms with E-state index in [1.165, 1.54) is 38.0 Å². The lowest BCUT2D eigenvalue weighted by molar-refractivity contribution is -0.114. The standard InChI is InChI=1S/C19H23N3O4S2/c1-14-6-4-7-15(10-14)20-18(23)12-27-13-19(24)21-16-8-5-9-17(11-16)28(25,26)22(2)3/h4-11H,12-13H2,1-3H3,(H,20,23)(H,21,24). The van der Waals surface area contributed by atoms with Crippen molar-refractivity contribution in [2.45, 2.75) is 11.8 Å². The molecule has 0 radical (unpaired) electrons. The molecule has 2 aromatic rings. The predicted octanol–water partition coefficient (Wildman–Crippen LogP) is 2.56. The van der Waals surface area contributed by atoms with Gasteiger partial charge in [-0.25, -0.2) is 12.7 Å². The minimum absolute atomic E-state index is 0.0753. The first-order valence-corrected chi connectivity index (χ1v) is 11.0. The Balaban J connectivity index is 1.84. The predicted molar refractivity (Wildman–Crippen MR) is 113 cm³/mol. The van der Waals surface area contributed by atoms with Gasteiger partial charge in [-0.2, -0.15) is 0 Å². The average Bonchev–Trinajstić information content (AvgIpc) is 2.61. The summed E-state index contributed by atoms with van der Waals surface area (Å²) in [7, 11) is -0.685. The molecule has 7 nitrogen and oxygen atoms in total. The van der Waals surface area contributed by atoms with Crippen molar-refractivity contribution in [3.63, 3.8) is 0 Å². The van der Waals surface area contributed by atoms with E-state index in [1.54, 1.807) is 18.2 Å². The number of benzene rings is 2. The number of hydrogen-bond donors (Lipinski definition) is 2. The number of carbonyl (C=O) groups is 2. The van der Waals surface area contributed by atoms with Crippen molar-refractivity contribution in [3.05, 3.63) is 54.1 Å². The SMILES string of the molecule is Cc1cccc(NC(=O)CSCC(=O)Nc2cccc(S(=O)(=O)N(C)C)c2)c1. The smallest absolute Gasteiger partial charge is 0.242 e. The Hall–Kier alpha value is -2.36. The zero-order valence-corrected chi connectivity index (χ0v) is 17.6. The summed E-state index contributed by atoms with van der Waals surface area (Å²) >= 11 is 1.18. The lowest BCUT2D eigenvalue weighted by Crippen LogP contribution is -2.22. The highest BCUT2D eigenvalue weighted by molar-refractivity contribution is 8.00. The van der Waals surface area contributed by atoms with Crippen LogP contribution >= 0.6 is 11.8 Å². The van der Waals surface area contributed by atoms with E-state index in [4.69, 9.17) is 0 Å². The molecule has 2 amide bonds. The van der Waals surface area contributed by atoms with Gasteiger partial charge in [-0.05, 0) is 42.8 Å². The lowest BCUT2D eigenvalue weighted by atomic mass is 10.2. The third kappa shape index (κ3) is 6.36. The Labute approximate surface area is 169 Å². The van der Waals surface area contributed by atoms with E-state index in [-0.39, 0.29) is 28.2 Å². The Morgan fingerprint density at radius 1 is 0.929 bits per heavy atom. The van der Waals surface area contributed by atoms with Crippen LogP contribution in [0, 0.1) is 6.92 Å². The number of nitrogens with zero attached hydrogens (tertiary/aromatic N) is 1. The second kappa shape index (κ2) is 9.72. The van der Waals surface area contributed by atoms with Gasteiger partial charge in [0, 0.05) is 25.5 Å². The van der Waals surface area contributed by atoms with Gasteiger partial charge in [0.25, 0.3) is 0 Å². The molecule has 0 saturated heterocycles. The molecule has 0 bridgehead atoms. The van der Waals surface area contributed by atoms with Crippen molar-refractivity contribution in [3.8, 4) is 0 Å². The molecular formula is C19H23N3O4S2. The third-order valence-electron chi connectivity index (χ3n) is 3.66. The molecule has 9 heteroatoms. The molecule has 0 heterocycles. The second-order valence-electron chi connectivity index (χ2n) is 6.27. The van der Waals surface area contributed by atoms with Crippen LogP contribution in [0.4, 0.5) is 11.4 Å². The first-order valence-electron chi connectivity index (χ1n) is 8.45. The van der Waals surface area contributed by atoms with Crippen molar-refractivity contribution in [2.24, 2.45) is 0 Å². The molecule has 0 aromatic heterocycles. The van der Waals surface area contributed by atoms with Crippen LogP contribution in [0.15, 0.2) is 53.4 Å². The summed E-state index contributed by atoms with van der Waals surface area (Å²) in [6.07, 6.45) is 0. The summed E-state index contributed by atoms with van der Waals surface area (Å²) in [6.45, 7) is 1.94. The van der Waals surface area contributed by atoms with E-state index >= 15 is 0 Å². The number of nitrogens with one attached hydrogen (secondary N) is 2. The largest absolute Gasteiger partial charge is 0.325 e. The molecule has 0 fully saturated rings. The highest BCUT2D eigenvalue weighted by atomic mass is 32.2. The van der Waals surface area contributed by atoms with Crippen molar-refractivity contribution in [1.82, 2.24) is 4.31 Å². The first kappa shape index (κ1) is 21.9. The monoisotopic (exact) mass is 421 g/mol. The van der Waals surface area contributed by atoms with Gasteiger partial charge in [0.05, 0.1) is 16.4 Å². The normalized spacial score (nSPS) is 11.3. The zero-order chi connectivity index (χ0) is 20.7. The highest BCUT2D eigenvalue weighted by Crippen LogP contribution is 2.18. The molecule has 2 N–H and O–H groups in total. The van der Waals surface area contributed by atoms with Crippen LogP contribution in [0.5, 0.6) is 0 Å². The van der Waals surface area contributed by atoms with Crippen molar-refractivity contribution >= 4 is 45.0 Å². The molecule has 0 saturated carbocycles. The summed E-state index contributed by atoms with van der Waals surface area (Å²) in [5.41, 5.74) is 2.15. The van der Waals surface area contributed by atoms with Gasteiger partial charge in [-0.1, -0.05) is 18.2 Å². The molecule has 0 aliphatic carbocycles. The molecule has 0 spiro atoms. The lowest BCUT2D eigenvalue weighted by Gasteiger charge is -2.12. The maximum atomic E-state index is 12.2. The Kier molecular flexibility index (Phi) is 7.61. The van der Waals surface area contributed by atoms with Crippen molar-refractivity contribution in [1.29, 1.82) is 0 Å². The number of rotatable bonds is 8. The number of amides is 2. The van der Waals surface area contributed by atoms with Crippen molar-refractivity contribution < 1.29 is 18.0 Å². The number of hydrogen-bond acceptors (Lipinski definition) is 5. The third-order valence-corrected chi connectivity index (χ3v) is 6.41. The number of anilines is 2. The summed E-state index contributed by atoms with van der Waals surface area (Å²) in [4.78, 5) is 24.1. The Morgan fingerprint density at radius 3 is 2.00 bits per heavy atom. The first-order chi connectivity index (χ1) is 13.2. The average molecular weight is 422 g/mol. The van der Waals surface area contributed by atoms with Crippen LogP contribution < -0.4 is 10.6 Å². The number of carbonyl (C=O) groups excluding carboxylic acids is 2. The highest BCUT2D eigenvalue weighted by Gasteiger charge is 2.17. The zero-order valence-electron chi connectivity index (χ0n) is 15.9. The van der Waals surface area contributed by atoms with Gasteiger partial charge >= 0.3 is 0 Å². The van der Waals surface area contributed by atoms with E-state index < -0.39 is 10.0 Å². The number of aryl methyl sites for hydroxylation is 1. The molecule has 0 unspecified atom stereocenters. The summed E-state index contributed by atoms with van der Waals surface area (Å²) in [5, 5.41) is 5.43. The molecule has 2 aromatic carbocycles. The molecule has 150 valence electrons. The molecular weight excluding hydrogens is 398 g/mol. The van der Waals surface area contributed by atoms with Gasteiger partial charge in [0.2, 0.25) is 21.8 Å². The van der Waals surface area contributed by atoms with E-state index in [2.05, 4.69) is 10.6 Å². The second-order valence-corrected chi connectivity index (χ2v) is 9.41. The topological polar surface area (TPSA) is 95.6 Å². The van der Waals surface area contributed by atoms with Gasteiger partial charge in [-0.3, -0.25) is 9.59 Å². The molecule has 2 rings (SSSR count). The van der Waals surface area contributed by atoms with Gasteiger partial charge in [-0.15, -0.1) is 11.8 Å².